The summed E-state index contributed by atoms with van der Waals surface area (Å²) in [4.78, 5) is 11.5. The van der Waals surface area contributed by atoms with Gasteiger partial charge in [-0.25, -0.2) is 4.79 Å². The number of rotatable bonds is 6. The molecule has 2 aromatic rings. The predicted molar refractivity (Wildman–Crippen MR) is 92.2 cm³/mol. The summed E-state index contributed by atoms with van der Waals surface area (Å²) in [7, 11) is 0. The van der Waals surface area contributed by atoms with E-state index in [0.717, 1.165) is 16.7 Å². The van der Waals surface area contributed by atoms with Crippen LogP contribution in [-0.2, 0) is 11.2 Å². The van der Waals surface area contributed by atoms with Crippen molar-refractivity contribution in [3.8, 4) is 5.75 Å². The van der Waals surface area contributed by atoms with E-state index in [1.165, 1.54) is 5.56 Å². The van der Waals surface area contributed by atoms with Gasteiger partial charge in [0.05, 0.1) is 0 Å². The minimum absolute atomic E-state index is 0.348. The van der Waals surface area contributed by atoms with E-state index >= 15 is 0 Å². The lowest BCUT2D eigenvalue weighted by molar-refractivity contribution is -0.145. The van der Waals surface area contributed by atoms with Crippen LogP contribution in [0, 0.1) is 13.8 Å². The van der Waals surface area contributed by atoms with Crippen LogP contribution in [0.2, 0.25) is 0 Å². The number of hydrogen-bond acceptors (Lipinski definition) is 2. The van der Waals surface area contributed by atoms with E-state index in [2.05, 4.69) is 26.0 Å². The number of benzene rings is 2. The van der Waals surface area contributed by atoms with Gasteiger partial charge >= 0.3 is 5.97 Å². The first-order valence-electron chi connectivity index (χ1n) is 7.91. The monoisotopic (exact) mass is 312 g/mol. The molecule has 2 rings (SSSR count). The molecule has 0 unspecified atom stereocenters. The van der Waals surface area contributed by atoms with Crippen LogP contribution >= 0.6 is 0 Å². The maximum atomic E-state index is 11.5. The first kappa shape index (κ1) is 17.1. The van der Waals surface area contributed by atoms with E-state index < -0.39 is 12.1 Å². The minimum atomic E-state index is -0.947. The lowest BCUT2D eigenvalue weighted by Crippen LogP contribution is -2.29. The smallest absolute Gasteiger partial charge is 0.345 e. The van der Waals surface area contributed by atoms with Gasteiger partial charge in [0, 0.05) is 6.42 Å². The predicted octanol–water partition coefficient (Wildman–Crippen LogP) is 4.50. The van der Waals surface area contributed by atoms with Gasteiger partial charge in [-0.05, 0) is 54.2 Å². The van der Waals surface area contributed by atoms with Crippen LogP contribution in [0.1, 0.15) is 42.0 Å². The summed E-state index contributed by atoms with van der Waals surface area (Å²) in [5.74, 6) is 0.122. The Hall–Kier alpha value is -2.29. The van der Waals surface area contributed by atoms with Gasteiger partial charge in [0.15, 0.2) is 6.10 Å². The first-order valence-corrected chi connectivity index (χ1v) is 7.91. The van der Waals surface area contributed by atoms with Gasteiger partial charge in [-0.3, -0.25) is 0 Å². The molecule has 2 aromatic carbocycles. The molecule has 0 aliphatic heterocycles. The third kappa shape index (κ3) is 4.85. The van der Waals surface area contributed by atoms with Crippen LogP contribution in [0.3, 0.4) is 0 Å². The van der Waals surface area contributed by atoms with Crippen LogP contribution in [0.25, 0.3) is 0 Å². The molecule has 0 aliphatic rings. The van der Waals surface area contributed by atoms with Crippen LogP contribution in [0.5, 0.6) is 5.75 Å². The number of ether oxygens (including phenoxy) is 1. The van der Waals surface area contributed by atoms with Gasteiger partial charge in [0.2, 0.25) is 0 Å². The Morgan fingerprint density at radius 1 is 1.04 bits per heavy atom. The lowest BCUT2D eigenvalue weighted by Gasteiger charge is -2.16. The standard InChI is InChI=1S/C20H24O3/c1-13(2)17-7-5-16(6-8-17)12-19(20(21)22)23-18-10-14(3)9-15(4)11-18/h5-11,13,19H,12H2,1-4H3,(H,21,22)/t19-/m1/s1. The molecule has 0 aliphatic carbocycles. The highest BCUT2D eigenvalue weighted by Crippen LogP contribution is 2.20. The van der Waals surface area contributed by atoms with Crippen molar-refractivity contribution in [2.75, 3.05) is 0 Å². The van der Waals surface area contributed by atoms with Crippen LogP contribution in [0.4, 0.5) is 0 Å². The van der Waals surface area contributed by atoms with Crippen molar-refractivity contribution in [3.05, 3.63) is 64.7 Å². The fourth-order valence-corrected chi connectivity index (χ4v) is 2.60. The Morgan fingerprint density at radius 3 is 2.09 bits per heavy atom. The molecule has 1 atom stereocenters. The maximum absolute atomic E-state index is 11.5. The minimum Gasteiger partial charge on any atom is -0.478 e. The Kier molecular flexibility index (Phi) is 5.43. The van der Waals surface area contributed by atoms with E-state index in [1.54, 1.807) is 0 Å². The van der Waals surface area contributed by atoms with Crippen molar-refractivity contribution in [1.29, 1.82) is 0 Å². The quantitative estimate of drug-likeness (QED) is 0.854. The second-order valence-corrected chi connectivity index (χ2v) is 6.37. The van der Waals surface area contributed by atoms with Crippen molar-refractivity contribution in [2.24, 2.45) is 0 Å². The number of carboxylic acids is 1. The third-order valence-electron chi connectivity index (χ3n) is 3.82. The SMILES string of the molecule is Cc1cc(C)cc(O[C@H](Cc2ccc(C(C)C)cc2)C(=O)O)c1. The molecule has 0 saturated heterocycles. The maximum Gasteiger partial charge on any atom is 0.345 e. The van der Waals surface area contributed by atoms with E-state index in [-0.39, 0.29) is 0 Å². The normalized spacial score (nSPS) is 12.2. The molecular weight excluding hydrogens is 288 g/mol. The molecule has 0 saturated carbocycles. The molecule has 0 bridgehead atoms. The highest BCUT2D eigenvalue weighted by Gasteiger charge is 2.20. The molecule has 1 N–H and O–H groups in total. The molecule has 23 heavy (non-hydrogen) atoms. The zero-order chi connectivity index (χ0) is 17.0. The van der Waals surface area contributed by atoms with Crippen molar-refractivity contribution in [1.82, 2.24) is 0 Å². The number of hydrogen-bond donors (Lipinski definition) is 1. The topological polar surface area (TPSA) is 46.5 Å². The van der Waals surface area contributed by atoms with Crippen molar-refractivity contribution in [2.45, 2.75) is 46.1 Å². The van der Waals surface area contributed by atoms with Crippen molar-refractivity contribution in [3.63, 3.8) is 0 Å². The zero-order valence-electron chi connectivity index (χ0n) is 14.2. The Balaban J connectivity index is 2.13. The van der Waals surface area contributed by atoms with Crippen molar-refractivity contribution < 1.29 is 14.6 Å². The van der Waals surface area contributed by atoms with Crippen LogP contribution < -0.4 is 4.74 Å². The number of aliphatic carboxylic acids is 1. The lowest BCUT2D eigenvalue weighted by atomic mass is 9.99. The second kappa shape index (κ2) is 7.32. The second-order valence-electron chi connectivity index (χ2n) is 6.37. The van der Waals surface area contributed by atoms with E-state index in [4.69, 9.17) is 4.74 Å². The van der Waals surface area contributed by atoms with Gasteiger partial charge in [-0.2, -0.15) is 0 Å². The van der Waals surface area contributed by atoms with Gasteiger partial charge in [-0.1, -0.05) is 44.2 Å². The molecule has 0 heterocycles. The summed E-state index contributed by atoms with van der Waals surface area (Å²) < 4.78 is 5.72. The van der Waals surface area contributed by atoms with Gasteiger partial charge in [-0.15, -0.1) is 0 Å². The fourth-order valence-electron chi connectivity index (χ4n) is 2.60. The van der Waals surface area contributed by atoms with Crippen molar-refractivity contribution >= 4 is 5.97 Å². The summed E-state index contributed by atoms with van der Waals surface area (Å²) in [6.07, 6.45) is -0.540. The van der Waals surface area contributed by atoms with Crippen LogP contribution in [0.15, 0.2) is 42.5 Å². The van der Waals surface area contributed by atoms with E-state index in [0.29, 0.717) is 18.1 Å². The highest BCUT2D eigenvalue weighted by molar-refractivity contribution is 5.73. The molecular formula is C20H24O3. The molecule has 122 valence electrons. The molecule has 0 amide bonds. The number of carbonyl (C=O) groups is 1. The molecule has 0 radical (unpaired) electrons. The first-order chi connectivity index (χ1) is 10.8. The summed E-state index contributed by atoms with van der Waals surface area (Å²) in [5.41, 5.74) is 4.33. The molecule has 0 aromatic heterocycles. The van der Waals surface area contributed by atoms with E-state index in [1.807, 2.05) is 44.2 Å². The third-order valence-corrected chi connectivity index (χ3v) is 3.82. The largest absolute Gasteiger partial charge is 0.478 e. The summed E-state index contributed by atoms with van der Waals surface area (Å²) in [5, 5.41) is 9.45. The molecule has 0 fully saturated rings. The number of aryl methyl sites for hydroxylation is 2. The van der Waals surface area contributed by atoms with Gasteiger partial charge < -0.3 is 9.84 Å². The Labute approximate surface area is 137 Å². The molecule has 0 spiro atoms. The average Bonchev–Trinajstić information content (AvgIpc) is 2.46. The fraction of sp³-hybridized carbons (Fsp3) is 0.350. The Morgan fingerprint density at radius 2 is 1.61 bits per heavy atom. The molecule has 3 nitrogen and oxygen atoms in total. The summed E-state index contributed by atoms with van der Waals surface area (Å²) in [6.45, 7) is 8.22. The van der Waals surface area contributed by atoms with E-state index in [9.17, 15) is 9.90 Å². The summed E-state index contributed by atoms with van der Waals surface area (Å²) >= 11 is 0. The molecule has 3 heteroatoms. The summed E-state index contributed by atoms with van der Waals surface area (Å²) in [6, 6.07) is 13.8. The highest BCUT2D eigenvalue weighted by atomic mass is 16.5. The van der Waals surface area contributed by atoms with Crippen LogP contribution in [-0.4, -0.2) is 17.2 Å². The number of carboxylic acid groups (broad SMARTS) is 1. The zero-order valence-corrected chi connectivity index (χ0v) is 14.2. The van der Waals surface area contributed by atoms with Gasteiger partial charge in [0.1, 0.15) is 5.75 Å². The van der Waals surface area contributed by atoms with Gasteiger partial charge in [0.25, 0.3) is 0 Å². The average molecular weight is 312 g/mol. The Bertz CT molecular complexity index is 652.